The van der Waals surface area contributed by atoms with Crippen LogP contribution >= 0.6 is 0 Å². The minimum atomic E-state index is -1.26. The zero-order chi connectivity index (χ0) is 28.8. The molecular weight excluding hydrogens is 524 g/mol. The van der Waals surface area contributed by atoms with Gasteiger partial charge in [0, 0.05) is 19.0 Å². The number of likely N-dealkylation sites (N-methyl/N-ethyl adjacent to an activating group) is 1. The van der Waals surface area contributed by atoms with E-state index in [1.54, 1.807) is 0 Å². The molecule has 10 heteroatoms. The molecule has 0 spiro atoms. The van der Waals surface area contributed by atoms with E-state index in [0.29, 0.717) is 6.54 Å². The Morgan fingerprint density at radius 2 is 1.61 bits per heavy atom. The number of carbonyl (C=O) groups excluding carboxylic acids is 2. The quantitative estimate of drug-likeness (QED) is 0.253. The molecule has 10 nitrogen and oxygen atoms in total. The molecule has 1 atom stereocenters. The molecule has 1 heterocycles. The van der Waals surface area contributed by atoms with Crippen LogP contribution in [0.4, 0.5) is 4.79 Å². The molecule has 2 amide bonds. The molecule has 210 valence electrons. The molecule has 0 bridgehead atoms. The molecule has 1 aromatic heterocycles. The number of nitrogens with one attached hydrogen (secondary N) is 2. The number of carboxylic acid groups (broad SMARTS) is 1. The molecule has 0 saturated carbocycles. The molecule has 0 fully saturated rings. The molecule has 41 heavy (non-hydrogen) atoms. The first-order chi connectivity index (χ1) is 19.9. The van der Waals surface area contributed by atoms with Crippen LogP contribution in [0.1, 0.15) is 38.9 Å². The number of rotatable bonds is 11. The summed E-state index contributed by atoms with van der Waals surface area (Å²) in [5.41, 5.74) is 5.16. The Kier molecular flexibility index (Phi) is 8.40. The Morgan fingerprint density at radius 3 is 2.27 bits per heavy atom. The summed E-state index contributed by atoms with van der Waals surface area (Å²) in [5.74, 6) is -1.91. The number of alkyl carbamates (subject to hydrolysis) is 1. The van der Waals surface area contributed by atoms with Gasteiger partial charge < -0.3 is 24.9 Å². The molecule has 0 saturated heterocycles. The fraction of sp³-hybridized carbons (Fsp3) is 0.226. The summed E-state index contributed by atoms with van der Waals surface area (Å²) < 4.78 is 10.8. The maximum Gasteiger partial charge on any atom is 0.407 e. The van der Waals surface area contributed by atoms with Crippen molar-refractivity contribution in [1.82, 2.24) is 20.5 Å². The summed E-state index contributed by atoms with van der Waals surface area (Å²) in [5, 5.41) is 14.6. The SMILES string of the molecule is CN(Cc1ccccc1)CC(NC(=O)OCC1c2ccccc2-c2ccccc21)C(=O)NCc1ocnc1C(=O)O. The second kappa shape index (κ2) is 12.5. The highest BCUT2D eigenvalue weighted by Crippen LogP contribution is 2.44. The second-order valence-electron chi connectivity index (χ2n) is 9.85. The molecule has 1 aliphatic carbocycles. The summed E-state index contributed by atoms with van der Waals surface area (Å²) in [6.07, 6.45) is 0.274. The van der Waals surface area contributed by atoms with Crippen LogP contribution in [0.3, 0.4) is 0 Å². The lowest BCUT2D eigenvalue weighted by atomic mass is 9.98. The van der Waals surface area contributed by atoms with Crippen LogP contribution in [0.2, 0.25) is 0 Å². The number of hydrogen-bond acceptors (Lipinski definition) is 7. The summed E-state index contributed by atoms with van der Waals surface area (Å²) in [6.45, 7) is 0.620. The van der Waals surface area contributed by atoms with Crippen molar-refractivity contribution in [2.24, 2.45) is 0 Å². The minimum absolute atomic E-state index is 0.00313. The van der Waals surface area contributed by atoms with Crippen molar-refractivity contribution in [3.63, 3.8) is 0 Å². The normalized spacial score (nSPS) is 12.8. The van der Waals surface area contributed by atoms with Crippen molar-refractivity contribution in [1.29, 1.82) is 0 Å². The number of oxazole rings is 1. The fourth-order valence-corrected chi connectivity index (χ4v) is 5.11. The third-order valence-electron chi connectivity index (χ3n) is 7.01. The van der Waals surface area contributed by atoms with E-state index in [1.165, 1.54) is 0 Å². The van der Waals surface area contributed by atoms with E-state index in [2.05, 4.69) is 27.8 Å². The minimum Gasteiger partial charge on any atom is -0.476 e. The number of hydrogen-bond donors (Lipinski definition) is 3. The summed E-state index contributed by atoms with van der Waals surface area (Å²) in [6, 6.07) is 24.8. The van der Waals surface area contributed by atoms with Gasteiger partial charge in [0.25, 0.3) is 0 Å². The average Bonchev–Trinajstić information content (AvgIpc) is 3.58. The van der Waals surface area contributed by atoms with E-state index in [-0.39, 0.29) is 37.1 Å². The van der Waals surface area contributed by atoms with Gasteiger partial charge in [-0.3, -0.25) is 9.69 Å². The van der Waals surface area contributed by atoms with Crippen molar-refractivity contribution in [3.8, 4) is 11.1 Å². The van der Waals surface area contributed by atoms with Gasteiger partial charge in [0.05, 0.1) is 6.54 Å². The predicted molar refractivity (Wildman–Crippen MR) is 150 cm³/mol. The monoisotopic (exact) mass is 554 g/mol. The maximum absolute atomic E-state index is 13.2. The lowest BCUT2D eigenvalue weighted by molar-refractivity contribution is -0.123. The van der Waals surface area contributed by atoms with Crippen molar-refractivity contribution in [2.45, 2.75) is 25.0 Å². The molecular formula is C31H30N4O6. The molecule has 5 rings (SSSR count). The van der Waals surface area contributed by atoms with Crippen LogP contribution in [0.25, 0.3) is 11.1 Å². The first-order valence-corrected chi connectivity index (χ1v) is 13.2. The fourth-order valence-electron chi connectivity index (χ4n) is 5.11. The number of nitrogens with zero attached hydrogens (tertiary/aromatic N) is 2. The van der Waals surface area contributed by atoms with E-state index in [9.17, 15) is 19.5 Å². The van der Waals surface area contributed by atoms with Crippen molar-refractivity contribution >= 4 is 18.0 Å². The number of carbonyl (C=O) groups is 3. The van der Waals surface area contributed by atoms with Crippen LogP contribution in [0, 0.1) is 0 Å². The lowest BCUT2D eigenvalue weighted by Crippen LogP contribution is -2.52. The number of amides is 2. The third-order valence-corrected chi connectivity index (χ3v) is 7.01. The van der Waals surface area contributed by atoms with Gasteiger partial charge >= 0.3 is 12.1 Å². The Bertz CT molecular complexity index is 1490. The highest BCUT2D eigenvalue weighted by molar-refractivity contribution is 5.88. The molecule has 3 N–H and O–H groups in total. The number of benzene rings is 3. The van der Waals surface area contributed by atoms with E-state index < -0.39 is 24.0 Å². The number of ether oxygens (including phenoxy) is 1. The van der Waals surface area contributed by atoms with Gasteiger partial charge in [-0.2, -0.15) is 0 Å². The van der Waals surface area contributed by atoms with Crippen LogP contribution in [-0.4, -0.2) is 59.2 Å². The second-order valence-corrected chi connectivity index (χ2v) is 9.85. The van der Waals surface area contributed by atoms with Crippen LogP contribution in [0.15, 0.2) is 89.7 Å². The van der Waals surface area contributed by atoms with E-state index in [0.717, 1.165) is 34.2 Å². The zero-order valence-corrected chi connectivity index (χ0v) is 22.4. The largest absolute Gasteiger partial charge is 0.476 e. The first kappa shape index (κ1) is 27.6. The Morgan fingerprint density at radius 1 is 0.976 bits per heavy atom. The standard InChI is InChI=1S/C31H30N4O6/c1-35(16-20-9-3-2-4-10-20)17-26(29(36)32-15-27-28(30(37)38)33-19-41-27)34-31(39)40-18-25-23-13-7-5-11-21(23)22-12-6-8-14-24(22)25/h2-14,19,25-26H,15-18H2,1H3,(H,32,36)(H,34,39)(H,37,38). The first-order valence-electron chi connectivity index (χ1n) is 13.2. The average molecular weight is 555 g/mol. The van der Waals surface area contributed by atoms with Crippen LogP contribution in [-0.2, 0) is 22.6 Å². The van der Waals surface area contributed by atoms with Crippen LogP contribution in [0.5, 0.6) is 0 Å². The van der Waals surface area contributed by atoms with Gasteiger partial charge in [0.1, 0.15) is 12.6 Å². The topological polar surface area (TPSA) is 134 Å². The van der Waals surface area contributed by atoms with E-state index >= 15 is 0 Å². The summed E-state index contributed by atoms with van der Waals surface area (Å²) in [4.78, 5) is 43.1. The summed E-state index contributed by atoms with van der Waals surface area (Å²) in [7, 11) is 1.84. The van der Waals surface area contributed by atoms with Gasteiger partial charge in [0.15, 0.2) is 17.8 Å². The van der Waals surface area contributed by atoms with Gasteiger partial charge in [-0.15, -0.1) is 0 Å². The highest BCUT2D eigenvalue weighted by Gasteiger charge is 2.30. The molecule has 1 unspecified atom stereocenters. The molecule has 4 aromatic rings. The van der Waals surface area contributed by atoms with Crippen molar-refractivity contribution in [3.05, 3.63) is 113 Å². The lowest BCUT2D eigenvalue weighted by Gasteiger charge is -2.24. The van der Waals surface area contributed by atoms with Gasteiger partial charge in [-0.25, -0.2) is 14.6 Å². The third kappa shape index (κ3) is 6.44. The maximum atomic E-state index is 13.2. The van der Waals surface area contributed by atoms with Crippen molar-refractivity contribution < 1.29 is 28.6 Å². The molecule has 1 aliphatic rings. The number of aromatic carboxylic acids is 1. The predicted octanol–water partition coefficient (Wildman–Crippen LogP) is 4.03. The number of aromatic nitrogens is 1. The smallest absolute Gasteiger partial charge is 0.407 e. The Hall–Kier alpha value is -4.96. The zero-order valence-electron chi connectivity index (χ0n) is 22.4. The highest BCUT2D eigenvalue weighted by atomic mass is 16.5. The molecule has 0 radical (unpaired) electrons. The molecule has 3 aromatic carbocycles. The number of carboxylic acids is 1. The van der Waals surface area contributed by atoms with Crippen molar-refractivity contribution in [2.75, 3.05) is 20.2 Å². The Labute approximate surface area is 237 Å². The Balaban J connectivity index is 1.26. The number of fused-ring (bicyclic) bond motifs is 3. The summed E-state index contributed by atoms with van der Waals surface area (Å²) >= 11 is 0. The van der Waals surface area contributed by atoms with Gasteiger partial charge in [0.2, 0.25) is 5.91 Å². The van der Waals surface area contributed by atoms with Crippen LogP contribution < -0.4 is 10.6 Å². The van der Waals surface area contributed by atoms with E-state index in [1.807, 2.05) is 78.7 Å². The molecule has 0 aliphatic heterocycles. The van der Waals surface area contributed by atoms with Gasteiger partial charge in [-0.05, 0) is 34.9 Å². The van der Waals surface area contributed by atoms with Gasteiger partial charge in [-0.1, -0.05) is 78.9 Å². The van der Waals surface area contributed by atoms with E-state index in [4.69, 9.17) is 9.15 Å².